The van der Waals surface area contributed by atoms with Gasteiger partial charge < -0.3 is 4.74 Å². The second kappa shape index (κ2) is 8.44. The second-order valence-electron chi connectivity index (χ2n) is 6.90. The van der Waals surface area contributed by atoms with Gasteiger partial charge in [0.25, 0.3) is 0 Å². The van der Waals surface area contributed by atoms with Crippen molar-refractivity contribution in [1.82, 2.24) is 0 Å². The molecule has 0 spiro atoms. The fraction of sp³-hybridized carbons (Fsp3) is 0.0769. The Balaban J connectivity index is 1.57. The highest BCUT2D eigenvalue weighted by atomic mass is 19.2. The number of halogens is 3. The van der Waals surface area contributed by atoms with E-state index < -0.39 is 11.6 Å². The first kappa shape index (κ1) is 19.8. The van der Waals surface area contributed by atoms with Crippen LogP contribution in [0, 0.1) is 29.3 Å². The van der Waals surface area contributed by atoms with E-state index in [0.29, 0.717) is 28.5 Å². The largest absolute Gasteiger partial charge is 0.380 e. The summed E-state index contributed by atoms with van der Waals surface area (Å²) in [5, 5.41) is 1.20. The molecule has 0 aliphatic carbocycles. The van der Waals surface area contributed by atoms with Crippen LogP contribution in [-0.2, 0) is 11.3 Å². The summed E-state index contributed by atoms with van der Waals surface area (Å²) in [4.78, 5) is 0. The average Bonchev–Trinajstić information content (AvgIpc) is 2.74. The molecule has 0 radical (unpaired) electrons. The van der Waals surface area contributed by atoms with Crippen LogP contribution in [-0.4, -0.2) is 7.11 Å². The van der Waals surface area contributed by atoms with Crippen LogP contribution >= 0.6 is 0 Å². The second-order valence-corrected chi connectivity index (χ2v) is 6.90. The van der Waals surface area contributed by atoms with Gasteiger partial charge in [-0.25, -0.2) is 13.2 Å². The lowest BCUT2D eigenvalue weighted by molar-refractivity contribution is 0.184. The maximum Gasteiger partial charge on any atom is 0.159 e. The lowest BCUT2D eigenvalue weighted by Gasteiger charge is -2.06. The van der Waals surface area contributed by atoms with Crippen LogP contribution in [0.3, 0.4) is 0 Å². The molecule has 0 heterocycles. The number of ether oxygens (including phenoxy) is 1. The van der Waals surface area contributed by atoms with Crippen molar-refractivity contribution < 1.29 is 17.9 Å². The first-order valence-corrected chi connectivity index (χ1v) is 9.32. The topological polar surface area (TPSA) is 9.23 Å². The van der Waals surface area contributed by atoms with E-state index in [0.717, 1.165) is 22.8 Å². The number of benzene rings is 4. The minimum Gasteiger partial charge on any atom is -0.380 e. The van der Waals surface area contributed by atoms with Gasteiger partial charge in [-0.05, 0) is 64.4 Å². The highest BCUT2D eigenvalue weighted by Gasteiger charge is 2.07. The Morgan fingerprint density at radius 3 is 2.03 bits per heavy atom. The van der Waals surface area contributed by atoms with Gasteiger partial charge in [-0.1, -0.05) is 42.2 Å². The van der Waals surface area contributed by atoms with Gasteiger partial charge >= 0.3 is 0 Å². The maximum absolute atomic E-state index is 14.4. The molecule has 0 saturated carbocycles. The molecule has 4 aromatic rings. The van der Waals surface area contributed by atoms with E-state index in [4.69, 9.17) is 4.74 Å². The van der Waals surface area contributed by atoms with Gasteiger partial charge in [0, 0.05) is 23.8 Å². The van der Waals surface area contributed by atoms with E-state index in [2.05, 4.69) is 11.8 Å². The standard InChI is InChI=1S/C26H17F3O/c1-30-16-19-7-11-23(24(27)13-19)20-8-4-17(5-9-20)2-3-18-6-10-21-14-25(28)26(29)15-22(21)12-18/h4-15H,16H2,1H3. The first-order valence-electron chi connectivity index (χ1n) is 9.32. The molecule has 0 bridgehead atoms. The zero-order valence-electron chi connectivity index (χ0n) is 16.2. The highest BCUT2D eigenvalue weighted by molar-refractivity contribution is 5.84. The summed E-state index contributed by atoms with van der Waals surface area (Å²) in [7, 11) is 1.57. The van der Waals surface area contributed by atoms with Crippen molar-refractivity contribution in [2.75, 3.05) is 7.11 Å². The number of methoxy groups -OCH3 is 1. The van der Waals surface area contributed by atoms with Gasteiger partial charge in [0.2, 0.25) is 0 Å². The van der Waals surface area contributed by atoms with Crippen molar-refractivity contribution in [1.29, 1.82) is 0 Å². The Bertz CT molecular complexity index is 1280. The summed E-state index contributed by atoms with van der Waals surface area (Å²) < 4.78 is 46.2. The lowest BCUT2D eigenvalue weighted by atomic mass is 10.0. The zero-order valence-corrected chi connectivity index (χ0v) is 16.2. The molecule has 4 aromatic carbocycles. The molecule has 0 aliphatic rings. The molecule has 30 heavy (non-hydrogen) atoms. The SMILES string of the molecule is COCc1ccc(-c2ccc(C#Cc3ccc4cc(F)c(F)cc4c3)cc2)c(F)c1. The van der Waals surface area contributed by atoms with Crippen molar-refractivity contribution in [3.8, 4) is 23.0 Å². The minimum absolute atomic E-state index is 0.303. The Morgan fingerprint density at radius 2 is 1.33 bits per heavy atom. The third-order valence-corrected chi connectivity index (χ3v) is 4.77. The van der Waals surface area contributed by atoms with Crippen molar-refractivity contribution >= 4 is 10.8 Å². The van der Waals surface area contributed by atoms with E-state index in [1.807, 2.05) is 30.3 Å². The van der Waals surface area contributed by atoms with Crippen molar-refractivity contribution in [3.05, 3.63) is 107 Å². The Morgan fingerprint density at radius 1 is 0.667 bits per heavy atom. The van der Waals surface area contributed by atoms with E-state index in [9.17, 15) is 13.2 Å². The van der Waals surface area contributed by atoms with Gasteiger partial charge in [0.1, 0.15) is 5.82 Å². The molecule has 0 aliphatic heterocycles. The van der Waals surface area contributed by atoms with E-state index in [1.165, 1.54) is 12.1 Å². The number of fused-ring (bicyclic) bond motifs is 1. The van der Waals surface area contributed by atoms with Crippen LogP contribution in [0.15, 0.2) is 72.8 Å². The summed E-state index contributed by atoms with van der Waals surface area (Å²) >= 11 is 0. The maximum atomic E-state index is 14.4. The van der Waals surface area contributed by atoms with Gasteiger partial charge in [-0.15, -0.1) is 0 Å². The van der Waals surface area contributed by atoms with Gasteiger partial charge in [0.15, 0.2) is 11.6 Å². The molecule has 0 amide bonds. The van der Waals surface area contributed by atoms with Crippen molar-refractivity contribution in [2.45, 2.75) is 6.61 Å². The fourth-order valence-corrected chi connectivity index (χ4v) is 3.25. The van der Waals surface area contributed by atoms with Crippen LogP contribution < -0.4 is 0 Å². The molecule has 0 fully saturated rings. The molecule has 0 saturated heterocycles. The Kier molecular flexibility index (Phi) is 5.56. The van der Waals surface area contributed by atoms with Gasteiger partial charge in [0.05, 0.1) is 6.61 Å². The van der Waals surface area contributed by atoms with Gasteiger partial charge in [-0.2, -0.15) is 0 Å². The molecule has 0 aromatic heterocycles. The average molecular weight is 402 g/mol. The third kappa shape index (κ3) is 4.22. The van der Waals surface area contributed by atoms with Crippen LogP contribution in [0.25, 0.3) is 21.9 Å². The molecular formula is C26H17F3O. The Hall–Kier alpha value is -3.55. The lowest BCUT2D eigenvalue weighted by Crippen LogP contribution is -1.91. The first-order chi connectivity index (χ1) is 14.5. The zero-order chi connectivity index (χ0) is 21.1. The number of hydrogen-bond acceptors (Lipinski definition) is 1. The normalized spacial score (nSPS) is 10.7. The summed E-state index contributed by atoms with van der Waals surface area (Å²) in [5.74, 6) is 4.01. The van der Waals surface area contributed by atoms with Crippen LogP contribution in [0.4, 0.5) is 13.2 Å². The van der Waals surface area contributed by atoms with Gasteiger partial charge in [-0.3, -0.25) is 0 Å². The van der Waals surface area contributed by atoms with Crippen LogP contribution in [0.2, 0.25) is 0 Å². The molecule has 0 atom stereocenters. The Labute approximate surface area is 172 Å². The number of rotatable bonds is 3. The summed E-state index contributed by atoms with van der Waals surface area (Å²) in [6, 6.07) is 19.8. The van der Waals surface area contributed by atoms with Crippen molar-refractivity contribution in [2.24, 2.45) is 0 Å². The quantitative estimate of drug-likeness (QED) is 0.357. The summed E-state index contributed by atoms with van der Waals surface area (Å²) in [6.45, 7) is 0.363. The smallest absolute Gasteiger partial charge is 0.159 e. The predicted molar refractivity (Wildman–Crippen MR) is 112 cm³/mol. The van der Waals surface area contributed by atoms with Crippen molar-refractivity contribution in [3.63, 3.8) is 0 Å². The molecule has 4 heteroatoms. The van der Waals surface area contributed by atoms with E-state index in [1.54, 1.807) is 31.4 Å². The molecule has 0 unspecified atom stereocenters. The molecule has 0 N–H and O–H groups in total. The van der Waals surface area contributed by atoms with Crippen LogP contribution in [0.5, 0.6) is 0 Å². The third-order valence-electron chi connectivity index (χ3n) is 4.77. The molecular weight excluding hydrogens is 385 g/mol. The van der Waals surface area contributed by atoms with E-state index >= 15 is 0 Å². The minimum atomic E-state index is -0.884. The molecule has 4 rings (SSSR count). The monoisotopic (exact) mass is 402 g/mol. The fourth-order valence-electron chi connectivity index (χ4n) is 3.25. The highest BCUT2D eigenvalue weighted by Crippen LogP contribution is 2.24. The molecule has 1 nitrogen and oxygen atoms in total. The molecule has 148 valence electrons. The van der Waals surface area contributed by atoms with E-state index in [-0.39, 0.29) is 5.82 Å². The van der Waals surface area contributed by atoms with Crippen LogP contribution in [0.1, 0.15) is 16.7 Å². The summed E-state index contributed by atoms with van der Waals surface area (Å²) in [5.41, 5.74) is 3.50. The summed E-state index contributed by atoms with van der Waals surface area (Å²) in [6.07, 6.45) is 0. The number of hydrogen-bond donors (Lipinski definition) is 0. The predicted octanol–water partition coefficient (Wildman–Crippen LogP) is 6.47.